The van der Waals surface area contributed by atoms with Crippen LogP contribution in [0.5, 0.6) is 5.75 Å². The summed E-state index contributed by atoms with van der Waals surface area (Å²) in [6, 6.07) is 15.1. The molecule has 0 unspecified atom stereocenters. The summed E-state index contributed by atoms with van der Waals surface area (Å²) in [4.78, 5) is 23.2. The Kier molecular flexibility index (Phi) is 4.08. The molecule has 4 N–H and O–H groups in total. The van der Waals surface area contributed by atoms with Crippen molar-refractivity contribution in [2.45, 2.75) is 0 Å². The molecule has 140 valence electrons. The number of amides is 1. The molecule has 3 aromatic carbocycles. The van der Waals surface area contributed by atoms with Crippen molar-refractivity contribution >= 4 is 34.3 Å². The van der Waals surface area contributed by atoms with E-state index in [0.717, 1.165) is 11.1 Å². The number of ether oxygens (including phenoxy) is 1. The summed E-state index contributed by atoms with van der Waals surface area (Å²) >= 11 is 0. The van der Waals surface area contributed by atoms with Crippen LogP contribution >= 0.6 is 0 Å². The molecule has 0 fully saturated rings. The van der Waals surface area contributed by atoms with Crippen LogP contribution in [0.3, 0.4) is 0 Å². The normalized spacial score (nSPS) is 12.1. The van der Waals surface area contributed by atoms with Gasteiger partial charge in [-0.1, -0.05) is 6.07 Å². The van der Waals surface area contributed by atoms with Gasteiger partial charge in [-0.3, -0.25) is 14.9 Å². The van der Waals surface area contributed by atoms with Gasteiger partial charge in [0.25, 0.3) is 5.91 Å². The molecule has 8 nitrogen and oxygen atoms in total. The van der Waals surface area contributed by atoms with Gasteiger partial charge in [0.05, 0.1) is 34.7 Å². The van der Waals surface area contributed by atoms with Crippen LogP contribution in [0.1, 0.15) is 10.4 Å². The van der Waals surface area contributed by atoms with Crippen molar-refractivity contribution in [2.24, 2.45) is 0 Å². The number of carbonyl (C=O) groups excluding carboxylic acids is 1. The van der Waals surface area contributed by atoms with E-state index in [0.29, 0.717) is 28.3 Å². The third kappa shape index (κ3) is 2.96. The Morgan fingerprint density at radius 3 is 2.43 bits per heavy atom. The van der Waals surface area contributed by atoms with E-state index >= 15 is 0 Å². The predicted molar refractivity (Wildman–Crippen MR) is 107 cm³/mol. The van der Waals surface area contributed by atoms with E-state index in [1.807, 2.05) is 6.07 Å². The number of anilines is 4. The number of nitro benzene ring substituents is 1. The highest BCUT2D eigenvalue weighted by molar-refractivity contribution is 6.12. The highest BCUT2D eigenvalue weighted by Crippen LogP contribution is 2.37. The number of nitro groups is 1. The standard InChI is InChI=1S/C20H16N4O4/c1-28-19-9-12(3-7-18(19)24(26)27)11-2-5-14-16(8-11)22-17-10-13(21)4-6-15(17)23-20(14)25/h2-10,22H,21H2,1H3,(H,23,25). The average molecular weight is 376 g/mol. The molecule has 0 spiro atoms. The monoisotopic (exact) mass is 376 g/mol. The van der Waals surface area contributed by atoms with Crippen LogP contribution in [0, 0.1) is 10.1 Å². The zero-order chi connectivity index (χ0) is 19.8. The number of hydrogen-bond acceptors (Lipinski definition) is 6. The van der Waals surface area contributed by atoms with Crippen molar-refractivity contribution in [3.8, 4) is 16.9 Å². The van der Waals surface area contributed by atoms with Gasteiger partial charge in [0.1, 0.15) is 0 Å². The van der Waals surface area contributed by atoms with Gasteiger partial charge < -0.3 is 21.1 Å². The first-order chi connectivity index (χ1) is 13.5. The molecule has 1 aliphatic rings. The second-order valence-electron chi connectivity index (χ2n) is 6.29. The molecule has 0 radical (unpaired) electrons. The first-order valence-corrected chi connectivity index (χ1v) is 8.41. The van der Waals surface area contributed by atoms with Crippen LogP contribution in [0.25, 0.3) is 11.1 Å². The van der Waals surface area contributed by atoms with Crippen molar-refractivity contribution < 1.29 is 14.5 Å². The number of nitrogen functional groups attached to an aromatic ring is 1. The molecule has 1 heterocycles. The number of carbonyl (C=O) groups is 1. The highest BCUT2D eigenvalue weighted by Gasteiger charge is 2.21. The quantitative estimate of drug-likeness (QED) is 0.359. The lowest BCUT2D eigenvalue weighted by Gasteiger charge is -2.11. The lowest BCUT2D eigenvalue weighted by molar-refractivity contribution is -0.385. The minimum atomic E-state index is -0.493. The highest BCUT2D eigenvalue weighted by atomic mass is 16.6. The molecule has 1 amide bonds. The summed E-state index contributed by atoms with van der Waals surface area (Å²) in [5.74, 6) is -0.0693. The molecule has 1 aliphatic heterocycles. The number of hydrogen-bond donors (Lipinski definition) is 3. The number of fused-ring (bicyclic) bond motifs is 2. The maximum Gasteiger partial charge on any atom is 0.310 e. The van der Waals surface area contributed by atoms with Gasteiger partial charge in [0.15, 0.2) is 5.75 Å². The van der Waals surface area contributed by atoms with E-state index in [-0.39, 0.29) is 17.3 Å². The zero-order valence-corrected chi connectivity index (χ0v) is 14.9. The van der Waals surface area contributed by atoms with Crippen molar-refractivity contribution in [3.63, 3.8) is 0 Å². The second kappa shape index (κ2) is 6.58. The van der Waals surface area contributed by atoms with Gasteiger partial charge >= 0.3 is 5.69 Å². The molecule has 8 heteroatoms. The largest absolute Gasteiger partial charge is 0.490 e. The van der Waals surface area contributed by atoms with Crippen LogP contribution in [-0.4, -0.2) is 17.9 Å². The Labute approximate surface area is 160 Å². The van der Waals surface area contributed by atoms with Crippen LogP contribution in [0.2, 0.25) is 0 Å². The van der Waals surface area contributed by atoms with E-state index in [2.05, 4.69) is 10.6 Å². The van der Waals surface area contributed by atoms with Gasteiger partial charge in [-0.25, -0.2) is 0 Å². The maximum absolute atomic E-state index is 12.5. The van der Waals surface area contributed by atoms with Crippen LogP contribution < -0.4 is 21.1 Å². The minimum Gasteiger partial charge on any atom is -0.490 e. The molecular weight excluding hydrogens is 360 g/mol. The van der Waals surface area contributed by atoms with Gasteiger partial charge in [0, 0.05) is 11.8 Å². The summed E-state index contributed by atoms with van der Waals surface area (Å²) in [6.45, 7) is 0. The lowest BCUT2D eigenvalue weighted by Crippen LogP contribution is -2.10. The van der Waals surface area contributed by atoms with Crippen LogP contribution in [0.15, 0.2) is 54.6 Å². The van der Waals surface area contributed by atoms with Crippen LogP contribution in [-0.2, 0) is 0 Å². The average Bonchev–Trinajstić information content (AvgIpc) is 2.82. The smallest absolute Gasteiger partial charge is 0.310 e. The Bertz CT molecular complexity index is 1130. The van der Waals surface area contributed by atoms with Crippen molar-refractivity contribution in [3.05, 3.63) is 70.3 Å². The number of benzene rings is 3. The Morgan fingerprint density at radius 2 is 1.68 bits per heavy atom. The molecule has 28 heavy (non-hydrogen) atoms. The molecule has 0 aliphatic carbocycles. The van der Waals surface area contributed by atoms with Gasteiger partial charge in [-0.05, 0) is 53.6 Å². The summed E-state index contributed by atoms with van der Waals surface area (Å²) < 4.78 is 5.14. The number of nitrogens with one attached hydrogen (secondary N) is 2. The first-order valence-electron chi connectivity index (χ1n) is 8.41. The fraction of sp³-hybridized carbons (Fsp3) is 0.0500. The molecule has 0 aromatic heterocycles. The number of nitrogens with zero attached hydrogens (tertiary/aromatic N) is 1. The van der Waals surface area contributed by atoms with Crippen molar-refractivity contribution in [2.75, 3.05) is 23.5 Å². The van der Waals surface area contributed by atoms with E-state index in [1.54, 1.807) is 42.5 Å². The SMILES string of the molecule is COc1cc(-c2ccc3c(c2)Nc2cc(N)ccc2NC3=O)ccc1[N+](=O)[O-]. The zero-order valence-electron chi connectivity index (χ0n) is 14.9. The molecule has 0 saturated carbocycles. The fourth-order valence-electron chi connectivity index (χ4n) is 3.14. The Balaban J connectivity index is 1.79. The summed E-state index contributed by atoms with van der Waals surface area (Å²) in [5.41, 5.74) is 10.2. The van der Waals surface area contributed by atoms with Gasteiger partial charge in [0.2, 0.25) is 0 Å². The number of nitrogens with two attached hydrogens (primary N) is 1. The van der Waals surface area contributed by atoms with E-state index < -0.39 is 4.92 Å². The van der Waals surface area contributed by atoms with E-state index in [1.165, 1.54) is 13.2 Å². The van der Waals surface area contributed by atoms with E-state index in [9.17, 15) is 14.9 Å². The first kappa shape index (κ1) is 17.3. The Morgan fingerprint density at radius 1 is 0.929 bits per heavy atom. The predicted octanol–water partition coefficient (Wildman–Crippen LogP) is 4.16. The lowest BCUT2D eigenvalue weighted by atomic mass is 10.0. The summed E-state index contributed by atoms with van der Waals surface area (Å²) in [7, 11) is 1.39. The van der Waals surface area contributed by atoms with Gasteiger partial charge in [-0.2, -0.15) is 0 Å². The molecule has 0 saturated heterocycles. The minimum absolute atomic E-state index is 0.108. The topological polar surface area (TPSA) is 120 Å². The summed E-state index contributed by atoms with van der Waals surface area (Å²) in [6.07, 6.45) is 0. The van der Waals surface area contributed by atoms with E-state index in [4.69, 9.17) is 10.5 Å². The molecule has 4 rings (SSSR count). The van der Waals surface area contributed by atoms with Crippen molar-refractivity contribution in [1.82, 2.24) is 0 Å². The molecular formula is C20H16N4O4. The second-order valence-corrected chi connectivity index (χ2v) is 6.29. The number of rotatable bonds is 3. The maximum atomic E-state index is 12.5. The number of methoxy groups -OCH3 is 1. The third-order valence-electron chi connectivity index (χ3n) is 4.54. The fourth-order valence-corrected chi connectivity index (χ4v) is 3.14. The van der Waals surface area contributed by atoms with Crippen molar-refractivity contribution in [1.29, 1.82) is 0 Å². The molecule has 0 bridgehead atoms. The molecule has 0 atom stereocenters. The molecule has 3 aromatic rings. The van der Waals surface area contributed by atoms with Crippen LogP contribution in [0.4, 0.5) is 28.4 Å². The third-order valence-corrected chi connectivity index (χ3v) is 4.54. The summed E-state index contributed by atoms with van der Waals surface area (Å²) in [5, 5.41) is 17.2. The Hall–Kier alpha value is -4.07. The van der Waals surface area contributed by atoms with Gasteiger partial charge in [-0.15, -0.1) is 0 Å².